The molecule has 0 aromatic heterocycles. The van der Waals surface area contributed by atoms with Crippen molar-refractivity contribution in [3.05, 3.63) is 24.3 Å². The van der Waals surface area contributed by atoms with Gasteiger partial charge in [-0.3, -0.25) is 0 Å². The van der Waals surface area contributed by atoms with Crippen LogP contribution in [0.4, 0.5) is 14.5 Å². The molecule has 20 heavy (non-hydrogen) atoms. The van der Waals surface area contributed by atoms with Crippen molar-refractivity contribution in [2.24, 2.45) is 5.92 Å². The van der Waals surface area contributed by atoms with Gasteiger partial charge >= 0.3 is 5.76 Å². The Labute approximate surface area is 126 Å². The number of para-hydroxylation sites is 1. The topological polar surface area (TPSA) is 37.4 Å². The first-order valence-corrected chi connectivity index (χ1v) is 9.05. The molecule has 1 unspecified atom stereocenters. The van der Waals surface area contributed by atoms with Gasteiger partial charge in [-0.15, -0.1) is 0 Å². The third kappa shape index (κ3) is 3.14. The first kappa shape index (κ1) is 15.7. The van der Waals surface area contributed by atoms with Gasteiger partial charge in [-0.2, -0.15) is 8.78 Å². The smallest absolute Gasteiger partial charge is 0.341 e. The van der Waals surface area contributed by atoms with Gasteiger partial charge < -0.3 is 4.90 Å². The maximum Gasteiger partial charge on any atom is 0.341 e. The summed E-state index contributed by atoms with van der Waals surface area (Å²) in [4.78, 5) is 1.62. The van der Waals surface area contributed by atoms with Gasteiger partial charge in [-0.05, 0) is 30.9 Å². The van der Waals surface area contributed by atoms with Crippen molar-refractivity contribution in [1.29, 1.82) is 0 Å². The third-order valence-corrected chi connectivity index (χ3v) is 5.44. The zero-order valence-corrected chi connectivity index (χ0v) is 13.2. The van der Waals surface area contributed by atoms with Crippen LogP contribution in [-0.2, 0) is 9.84 Å². The molecule has 2 rings (SSSR count). The number of anilines is 1. The van der Waals surface area contributed by atoms with Crippen molar-refractivity contribution in [2.45, 2.75) is 23.5 Å². The molecule has 1 aliphatic rings. The van der Waals surface area contributed by atoms with Crippen LogP contribution in [0.5, 0.6) is 0 Å². The van der Waals surface area contributed by atoms with E-state index in [1.807, 2.05) is 4.90 Å². The summed E-state index contributed by atoms with van der Waals surface area (Å²) in [5.41, 5.74) is 0.393. The monoisotopic (exact) mass is 367 g/mol. The van der Waals surface area contributed by atoms with Crippen molar-refractivity contribution >= 4 is 31.5 Å². The second kappa shape index (κ2) is 6.39. The Morgan fingerprint density at radius 1 is 1.35 bits per heavy atom. The minimum atomic E-state index is -4.56. The number of sulfone groups is 1. The highest BCUT2D eigenvalue weighted by atomic mass is 79.9. The van der Waals surface area contributed by atoms with Crippen LogP contribution in [0.3, 0.4) is 0 Å². The predicted molar refractivity (Wildman–Crippen MR) is 78.4 cm³/mol. The molecule has 1 aromatic carbocycles. The fourth-order valence-electron chi connectivity index (χ4n) is 2.50. The van der Waals surface area contributed by atoms with Crippen LogP contribution in [0.25, 0.3) is 0 Å². The van der Waals surface area contributed by atoms with E-state index in [1.54, 1.807) is 12.1 Å². The lowest BCUT2D eigenvalue weighted by Crippen LogP contribution is -2.23. The summed E-state index contributed by atoms with van der Waals surface area (Å²) in [6, 6.07) is 6.02. The summed E-state index contributed by atoms with van der Waals surface area (Å²) in [6.45, 7) is 1.41. The van der Waals surface area contributed by atoms with Crippen LogP contribution in [0.1, 0.15) is 12.8 Å². The van der Waals surface area contributed by atoms with Crippen molar-refractivity contribution in [2.75, 3.05) is 23.3 Å². The average molecular weight is 368 g/mol. The molecule has 7 heteroatoms. The molecule has 1 saturated heterocycles. The lowest BCUT2D eigenvalue weighted by molar-refractivity contribution is 0.235. The van der Waals surface area contributed by atoms with Gasteiger partial charge in [-0.25, -0.2) is 8.42 Å². The van der Waals surface area contributed by atoms with Crippen LogP contribution < -0.4 is 4.90 Å². The highest BCUT2D eigenvalue weighted by Gasteiger charge is 2.32. The molecule has 0 spiro atoms. The van der Waals surface area contributed by atoms with Crippen molar-refractivity contribution in [1.82, 2.24) is 0 Å². The van der Waals surface area contributed by atoms with Crippen molar-refractivity contribution in [3.63, 3.8) is 0 Å². The summed E-state index contributed by atoms with van der Waals surface area (Å²) < 4.78 is 49.0. The number of benzene rings is 1. The second-order valence-electron chi connectivity index (χ2n) is 4.85. The second-order valence-corrected chi connectivity index (χ2v) is 7.53. The van der Waals surface area contributed by atoms with E-state index in [1.165, 1.54) is 12.1 Å². The van der Waals surface area contributed by atoms with E-state index in [4.69, 9.17) is 0 Å². The molecule has 1 atom stereocenters. The van der Waals surface area contributed by atoms with Gasteiger partial charge in [0.2, 0.25) is 9.84 Å². The fourth-order valence-corrected chi connectivity index (χ4v) is 4.09. The third-order valence-electron chi connectivity index (χ3n) is 3.55. The van der Waals surface area contributed by atoms with Gasteiger partial charge in [0.05, 0.1) is 10.6 Å². The quantitative estimate of drug-likeness (QED) is 0.749. The molecule has 0 N–H and O–H groups in total. The van der Waals surface area contributed by atoms with Gasteiger partial charge in [0, 0.05) is 18.4 Å². The maximum absolute atomic E-state index is 12.7. The van der Waals surface area contributed by atoms with E-state index in [0.29, 0.717) is 24.7 Å². The molecular formula is C13H16BrF2NO2S. The normalized spacial score (nSPS) is 19.8. The molecule has 0 bridgehead atoms. The summed E-state index contributed by atoms with van der Waals surface area (Å²) in [5.74, 6) is -2.92. The molecule has 1 aliphatic heterocycles. The summed E-state index contributed by atoms with van der Waals surface area (Å²) >= 11 is 3.39. The molecule has 0 amide bonds. The Kier molecular flexibility index (Phi) is 5.01. The lowest BCUT2D eigenvalue weighted by atomic mass is 10.1. The standard InChI is InChI=1S/C13H16BrF2NO2S/c14-7-5-10-6-8-17(9-10)11-3-1-2-4-12(11)20(18,19)13(15)16/h1-4,10,13H,5-9H2. The van der Waals surface area contributed by atoms with Gasteiger partial charge in [0.25, 0.3) is 0 Å². The minimum Gasteiger partial charge on any atom is -0.370 e. The van der Waals surface area contributed by atoms with E-state index in [2.05, 4.69) is 15.9 Å². The Bertz CT molecular complexity index is 565. The lowest BCUT2D eigenvalue weighted by Gasteiger charge is -2.21. The van der Waals surface area contributed by atoms with Crippen molar-refractivity contribution in [3.8, 4) is 0 Å². The zero-order chi connectivity index (χ0) is 14.8. The number of halogens is 3. The molecule has 3 nitrogen and oxygen atoms in total. The van der Waals surface area contributed by atoms with Crippen LogP contribution in [0.2, 0.25) is 0 Å². The molecule has 1 aromatic rings. The molecule has 1 heterocycles. The molecule has 0 radical (unpaired) electrons. The Hall–Kier alpha value is -0.690. The van der Waals surface area contributed by atoms with Crippen molar-refractivity contribution < 1.29 is 17.2 Å². The molecular weight excluding hydrogens is 352 g/mol. The van der Waals surface area contributed by atoms with Gasteiger partial charge in [0.1, 0.15) is 0 Å². The number of hydrogen-bond donors (Lipinski definition) is 0. The van der Waals surface area contributed by atoms with E-state index in [-0.39, 0.29) is 4.90 Å². The van der Waals surface area contributed by atoms with Gasteiger partial charge in [0.15, 0.2) is 0 Å². The average Bonchev–Trinajstić information content (AvgIpc) is 2.87. The number of nitrogens with zero attached hydrogens (tertiary/aromatic N) is 1. The molecule has 0 saturated carbocycles. The fraction of sp³-hybridized carbons (Fsp3) is 0.538. The van der Waals surface area contributed by atoms with E-state index >= 15 is 0 Å². The highest BCUT2D eigenvalue weighted by molar-refractivity contribution is 9.09. The van der Waals surface area contributed by atoms with Crippen LogP contribution >= 0.6 is 15.9 Å². The number of rotatable bonds is 5. The predicted octanol–water partition coefficient (Wildman–Crippen LogP) is 3.29. The summed E-state index contributed by atoms with van der Waals surface area (Å²) in [7, 11) is -4.56. The first-order chi connectivity index (χ1) is 9.46. The van der Waals surface area contributed by atoms with Crippen LogP contribution in [0.15, 0.2) is 29.2 Å². The minimum absolute atomic E-state index is 0.269. The van der Waals surface area contributed by atoms with E-state index in [9.17, 15) is 17.2 Å². The largest absolute Gasteiger partial charge is 0.370 e. The zero-order valence-electron chi connectivity index (χ0n) is 10.8. The number of alkyl halides is 3. The SMILES string of the molecule is O=S(=O)(c1ccccc1N1CCC(CCBr)C1)C(F)F. The Morgan fingerprint density at radius 3 is 2.70 bits per heavy atom. The summed E-state index contributed by atoms with van der Waals surface area (Å²) in [6.07, 6.45) is 1.95. The Morgan fingerprint density at radius 2 is 2.05 bits per heavy atom. The molecule has 1 fully saturated rings. The molecule has 0 aliphatic carbocycles. The van der Waals surface area contributed by atoms with E-state index in [0.717, 1.165) is 18.2 Å². The molecule has 112 valence electrons. The maximum atomic E-state index is 12.7. The van der Waals surface area contributed by atoms with Crippen LogP contribution in [-0.4, -0.2) is 32.6 Å². The number of hydrogen-bond acceptors (Lipinski definition) is 3. The Balaban J connectivity index is 2.30. The highest BCUT2D eigenvalue weighted by Crippen LogP contribution is 2.33. The van der Waals surface area contributed by atoms with E-state index < -0.39 is 15.6 Å². The van der Waals surface area contributed by atoms with Gasteiger partial charge in [-0.1, -0.05) is 28.1 Å². The van der Waals surface area contributed by atoms with Crippen LogP contribution in [0, 0.1) is 5.92 Å². The summed E-state index contributed by atoms with van der Waals surface area (Å²) in [5, 5.41) is 0.891. The first-order valence-electron chi connectivity index (χ1n) is 6.39.